The summed E-state index contributed by atoms with van der Waals surface area (Å²) in [6, 6.07) is 2.28. The van der Waals surface area contributed by atoms with Crippen molar-refractivity contribution in [2.24, 2.45) is 11.3 Å². The van der Waals surface area contributed by atoms with Crippen LogP contribution in [-0.4, -0.2) is 13.1 Å². The highest BCUT2D eigenvalue weighted by Gasteiger charge is 2.62. The van der Waals surface area contributed by atoms with Crippen LogP contribution < -0.4 is 9.47 Å². The lowest BCUT2D eigenvalue weighted by Gasteiger charge is -2.51. The lowest BCUT2D eigenvalue weighted by Crippen LogP contribution is -2.52. The van der Waals surface area contributed by atoms with Crippen molar-refractivity contribution < 1.29 is 14.3 Å². The quantitative estimate of drug-likeness (QED) is 0.580. The number of ether oxygens (including phenoxy) is 2. The molecule has 3 heteroatoms. The highest BCUT2D eigenvalue weighted by molar-refractivity contribution is 5.94. The van der Waals surface area contributed by atoms with Crippen molar-refractivity contribution in [2.75, 3.05) is 7.11 Å². The van der Waals surface area contributed by atoms with Crippen LogP contribution in [0.5, 0.6) is 11.5 Å². The first-order valence-electron chi connectivity index (χ1n) is 9.29. The molecule has 0 unspecified atom stereocenters. The maximum atomic E-state index is 13.2. The zero-order valence-electron chi connectivity index (χ0n) is 15.5. The first-order valence-corrected chi connectivity index (χ1v) is 9.29. The van der Waals surface area contributed by atoms with Crippen molar-refractivity contribution >= 4 is 5.97 Å². The molecule has 3 nitrogen and oxygen atoms in total. The third kappa shape index (κ3) is 1.81. The van der Waals surface area contributed by atoms with E-state index >= 15 is 0 Å². The fraction of sp³-hybridized carbons (Fsp3) is 0.667. The molecule has 3 aliphatic rings. The van der Waals surface area contributed by atoms with Crippen LogP contribution >= 0.6 is 0 Å². The molecular weight excluding hydrogens is 300 g/mol. The van der Waals surface area contributed by atoms with Gasteiger partial charge in [-0.2, -0.15) is 0 Å². The zero-order chi connectivity index (χ0) is 17.3. The Balaban J connectivity index is 2.00. The summed E-state index contributed by atoms with van der Waals surface area (Å²) >= 11 is 0. The van der Waals surface area contributed by atoms with E-state index in [4.69, 9.17) is 9.47 Å². The highest BCUT2D eigenvalue weighted by Crippen LogP contribution is 2.64. The largest absolute Gasteiger partial charge is 0.493 e. The van der Waals surface area contributed by atoms with Gasteiger partial charge >= 0.3 is 5.97 Å². The number of carbonyl (C=O) groups is 1. The molecule has 0 bridgehead atoms. The average Bonchev–Trinajstić information content (AvgIpc) is 2.81. The molecule has 1 heterocycles. The Morgan fingerprint density at radius 1 is 1.29 bits per heavy atom. The van der Waals surface area contributed by atoms with Crippen LogP contribution in [0.4, 0.5) is 0 Å². The summed E-state index contributed by atoms with van der Waals surface area (Å²) in [5.41, 5.74) is 3.38. The van der Waals surface area contributed by atoms with E-state index in [1.165, 1.54) is 12.0 Å². The summed E-state index contributed by atoms with van der Waals surface area (Å²) in [7, 11) is 1.69. The molecule has 1 aliphatic heterocycles. The van der Waals surface area contributed by atoms with Crippen molar-refractivity contribution in [1.29, 1.82) is 0 Å². The Bertz CT molecular complexity index is 716. The van der Waals surface area contributed by atoms with Gasteiger partial charge in [-0.3, -0.25) is 4.79 Å². The number of hydrogen-bond acceptors (Lipinski definition) is 3. The summed E-state index contributed by atoms with van der Waals surface area (Å²) in [6.45, 7) is 8.99. The van der Waals surface area contributed by atoms with Crippen molar-refractivity contribution in [3.63, 3.8) is 0 Å². The minimum Gasteiger partial charge on any atom is -0.493 e. The number of hydrogen-bond donors (Lipinski definition) is 0. The number of methoxy groups -OCH3 is 1. The first-order chi connectivity index (χ1) is 11.3. The summed E-state index contributed by atoms with van der Waals surface area (Å²) < 4.78 is 11.7. The Morgan fingerprint density at radius 3 is 2.71 bits per heavy atom. The zero-order valence-corrected chi connectivity index (χ0v) is 15.5. The molecule has 24 heavy (non-hydrogen) atoms. The predicted molar refractivity (Wildman–Crippen MR) is 93.8 cm³/mol. The molecule has 0 saturated heterocycles. The van der Waals surface area contributed by atoms with E-state index in [0.717, 1.165) is 48.3 Å². The van der Waals surface area contributed by atoms with Gasteiger partial charge in [-0.15, -0.1) is 0 Å². The summed E-state index contributed by atoms with van der Waals surface area (Å²) in [4.78, 5) is 13.2. The molecular formula is C21H28O3. The van der Waals surface area contributed by atoms with Crippen LogP contribution in [0.1, 0.15) is 76.0 Å². The van der Waals surface area contributed by atoms with E-state index < -0.39 is 5.41 Å². The Labute approximate surface area is 144 Å². The third-order valence-electron chi connectivity index (χ3n) is 6.81. The molecule has 1 spiro atoms. The number of carbonyl (C=O) groups excluding carboxylic acids is 1. The van der Waals surface area contributed by atoms with Gasteiger partial charge in [-0.25, -0.2) is 0 Å². The predicted octanol–water partition coefficient (Wildman–Crippen LogP) is 4.75. The lowest BCUT2D eigenvalue weighted by molar-refractivity contribution is -0.145. The monoisotopic (exact) mass is 328 g/mol. The van der Waals surface area contributed by atoms with Gasteiger partial charge in [0.25, 0.3) is 0 Å². The van der Waals surface area contributed by atoms with Gasteiger partial charge < -0.3 is 9.47 Å². The molecule has 0 radical (unpaired) electrons. The molecule has 1 saturated carbocycles. The normalized spacial score (nSPS) is 29.9. The van der Waals surface area contributed by atoms with Gasteiger partial charge in [-0.1, -0.05) is 40.2 Å². The Kier molecular flexibility index (Phi) is 3.33. The highest BCUT2D eigenvalue weighted by atomic mass is 16.6. The topological polar surface area (TPSA) is 35.5 Å². The average molecular weight is 328 g/mol. The van der Waals surface area contributed by atoms with E-state index in [0.29, 0.717) is 11.8 Å². The molecule has 130 valence electrons. The van der Waals surface area contributed by atoms with Crippen molar-refractivity contribution in [3.05, 3.63) is 22.8 Å². The first kappa shape index (κ1) is 16.0. The smallest absolute Gasteiger partial charge is 0.322 e. The van der Waals surface area contributed by atoms with Crippen molar-refractivity contribution in [2.45, 2.75) is 71.1 Å². The van der Waals surface area contributed by atoms with Gasteiger partial charge in [0.1, 0.15) is 5.41 Å². The van der Waals surface area contributed by atoms with Crippen LogP contribution in [-0.2, 0) is 16.6 Å². The second-order valence-corrected chi connectivity index (χ2v) is 8.81. The second-order valence-electron chi connectivity index (χ2n) is 8.81. The van der Waals surface area contributed by atoms with Gasteiger partial charge in [0.05, 0.1) is 7.11 Å². The van der Waals surface area contributed by atoms with Crippen LogP contribution in [0.25, 0.3) is 0 Å². The van der Waals surface area contributed by atoms with Crippen LogP contribution in [0.2, 0.25) is 0 Å². The van der Waals surface area contributed by atoms with Gasteiger partial charge in [0.15, 0.2) is 11.5 Å². The number of rotatable bonds is 2. The van der Waals surface area contributed by atoms with Crippen LogP contribution in [0, 0.1) is 11.3 Å². The van der Waals surface area contributed by atoms with Gasteiger partial charge in [-0.05, 0) is 48.5 Å². The molecule has 2 aliphatic carbocycles. The van der Waals surface area contributed by atoms with E-state index in [-0.39, 0.29) is 11.4 Å². The maximum Gasteiger partial charge on any atom is 0.322 e. The minimum absolute atomic E-state index is 0.0320. The van der Waals surface area contributed by atoms with Gasteiger partial charge in [0.2, 0.25) is 0 Å². The standard InChI is InChI=1S/C21H28O3/c1-12(2)14-11-13-7-8-15-20(3,4)9-6-10-21(15)16(13)18(17(14)23-5)24-19(21)22/h11-12,15H,6-10H2,1-5H3/t15-,21-/m1/s1. The molecule has 2 atom stereocenters. The summed E-state index contributed by atoms with van der Waals surface area (Å²) in [5.74, 6) is 2.19. The van der Waals surface area contributed by atoms with Crippen molar-refractivity contribution in [1.82, 2.24) is 0 Å². The molecule has 1 fully saturated rings. The summed E-state index contributed by atoms with van der Waals surface area (Å²) in [6.07, 6.45) is 5.32. The van der Waals surface area contributed by atoms with Gasteiger partial charge in [0, 0.05) is 11.1 Å². The fourth-order valence-electron chi connectivity index (χ4n) is 5.74. The molecule has 1 aromatic carbocycles. The lowest BCUT2D eigenvalue weighted by atomic mass is 9.50. The maximum absolute atomic E-state index is 13.2. The molecule has 0 aromatic heterocycles. The molecule has 0 N–H and O–H groups in total. The Hall–Kier alpha value is -1.51. The number of esters is 1. The summed E-state index contributed by atoms with van der Waals surface area (Å²) in [5, 5.41) is 0. The Morgan fingerprint density at radius 2 is 2.04 bits per heavy atom. The minimum atomic E-state index is -0.437. The van der Waals surface area contributed by atoms with Crippen LogP contribution in [0.15, 0.2) is 6.07 Å². The fourth-order valence-corrected chi connectivity index (χ4v) is 5.74. The van der Waals surface area contributed by atoms with E-state index in [2.05, 4.69) is 33.8 Å². The van der Waals surface area contributed by atoms with Crippen LogP contribution in [0.3, 0.4) is 0 Å². The third-order valence-corrected chi connectivity index (χ3v) is 6.81. The molecule has 1 aromatic rings. The molecule has 0 amide bonds. The number of benzene rings is 1. The van der Waals surface area contributed by atoms with E-state index in [1.54, 1.807) is 7.11 Å². The van der Waals surface area contributed by atoms with E-state index in [9.17, 15) is 4.79 Å². The molecule has 4 rings (SSSR count). The van der Waals surface area contributed by atoms with Crippen molar-refractivity contribution in [3.8, 4) is 11.5 Å². The second kappa shape index (κ2) is 5.00. The van der Waals surface area contributed by atoms with E-state index in [1.807, 2.05) is 0 Å². The number of aryl methyl sites for hydroxylation is 1. The SMILES string of the molecule is COc1c(C(C)C)cc2c3c1OC(=O)[C@@]31CCCC(C)(C)[C@H]1CC2.